The van der Waals surface area contributed by atoms with Crippen molar-refractivity contribution in [2.75, 3.05) is 42.6 Å². The van der Waals surface area contributed by atoms with Crippen molar-refractivity contribution in [1.29, 1.82) is 0 Å². The molecule has 4 fully saturated rings. The van der Waals surface area contributed by atoms with Gasteiger partial charge in [-0.2, -0.15) is 15.1 Å². The smallest absolute Gasteiger partial charge is 0.318 e. The first-order valence-electron chi connectivity index (χ1n) is 15.6. The average Bonchev–Trinajstić information content (AvgIpc) is 3.23. The second kappa shape index (κ2) is 9.82. The number of hydrogen-bond donors (Lipinski definition) is 2. The molecular formula is C31H37F2N7O3. The van der Waals surface area contributed by atoms with Crippen LogP contribution in [0.2, 0.25) is 0 Å². The third-order valence-corrected chi connectivity index (χ3v) is 10.3. The number of H-pyrrole nitrogens is 1. The summed E-state index contributed by atoms with van der Waals surface area (Å²) in [7, 11) is 0. The van der Waals surface area contributed by atoms with Crippen molar-refractivity contribution in [3.63, 3.8) is 0 Å². The summed E-state index contributed by atoms with van der Waals surface area (Å²) in [5, 5.41) is 18.2. The summed E-state index contributed by atoms with van der Waals surface area (Å²) < 4.78 is 36.6. The van der Waals surface area contributed by atoms with E-state index in [-0.39, 0.29) is 30.6 Å². The van der Waals surface area contributed by atoms with E-state index in [2.05, 4.69) is 15.1 Å². The molecule has 0 spiro atoms. The van der Waals surface area contributed by atoms with Crippen LogP contribution >= 0.6 is 0 Å². The molecule has 0 radical (unpaired) electrons. The summed E-state index contributed by atoms with van der Waals surface area (Å²) in [6, 6.07) is 2.06. The first-order valence-corrected chi connectivity index (χ1v) is 15.6. The van der Waals surface area contributed by atoms with Gasteiger partial charge in [0.05, 0.1) is 41.3 Å². The van der Waals surface area contributed by atoms with Crippen molar-refractivity contribution in [2.24, 2.45) is 0 Å². The molecule has 3 saturated heterocycles. The maximum absolute atomic E-state index is 15.9. The highest BCUT2D eigenvalue weighted by atomic mass is 19.1. The Balaban J connectivity index is 1.20. The standard InChI is InChI=1S/C31H37F2N7O3/c1-18-12-22-21(14-34-37-22)26(25(18)31(33)7-8-31)40-16-23-24(28(40)42)27(38-9-2-4-20(41)5-11-38)36-29(35-23)43-17-30-6-3-10-39(30)15-19(32)13-30/h12,14,19-20,41H,2-11,13,15-17H2,1H3,(H,34,37)/t19-,20?,30+/m1/s1. The van der Waals surface area contributed by atoms with Crippen LogP contribution in [0.3, 0.4) is 0 Å². The van der Waals surface area contributed by atoms with Crippen LogP contribution < -0.4 is 14.5 Å². The Morgan fingerprint density at radius 3 is 2.86 bits per heavy atom. The van der Waals surface area contributed by atoms with Crippen molar-refractivity contribution >= 4 is 28.3 Å². The number of nitrogens with one attached hydrogen (secondary N) is 1. The second-order valence-electron chi connectivity index (χ2n) is 13.2. The first kappa shape index (κ1) is 27.2. The number of aromatic nitrogens is 4. The molecule has 1 saturated carbocycles. The molecule has 1 unspecified atom stereocenters. The number of nitrogens with zero attached hydrogens (tertiary/aromatic N) is 6. The quantitative estimate of drug-likeness (QED) is 0.440. The van der Waals surface area contributed by atoms with Crippen LogP contribution in [-0.4, -0.2) is 86.7 Å². The van der Waals surface area contributed by atoms with Gasteiger partial charge in [-0.15, -0.1) is 0 Å². The Bertz CT molecular complexity index is 1610. The molecule has 4 aliphatic heterocycles. The van der Waals surface area contributed by atoms with E-state index < -0.39 is 17.9 Å². The SMILES string of the molecule is Cc1cc2[nH]ncc2c(N2Cc3nc(OC[C@@]45CCCN4C[C@H](F)C5)nc(N4CCCC(O)CC4)c3C2=O)c1C1(F)CC1. The number of aliphatic hydroxyl groups is 1. The number of fused-ring (bicyclic) bond motifs is 3. The number of carbonyl (C=O) groups excluding carboxylic acids is 1. The van der Waals surface area contributed by atoms with Gasteiger partial charge in [0.1, 0.15) is 29.8 Å². The molecule has 10 nitrogen and oxygen atoms in total. The number of ether oxygens (including phenoxy) is 1. The summed E-state index contributed by atoms with van der Waals surface area (Å²) in [6.07, 6.45) is 5.50. The first-order chi connectivity index (χ1) is 20.7. The molecule has 1 amide bonds. The Morgan fingerprint density at radius 2 is 2.02 bits per heavy atom. The molecule has 0 bridgehead atoms. The minimum Gasteiger partial charge on any atom is -0.461 e. The molecule has 6 heterocycles. The lowest BCUT2D eigenvalue weighted by molar-refractivity contribution is 0.0995. The Labute approximate surface area is 248 Å². The highest BCUT2D eigenvalue weighted by molar-refractivity contribution is 6.16. The number of amides is 1. The minimum absolute atomic E-state index is 0.146. The van der Waals surface area contributed by atoms with Gasteiger partial charge >= 0.3 is 6.01 Å². The number of aryl methyl sites for hydroxylation is 1. The number of anilines is 2. The molecule has 1 aromatic carbocycles. The predicted octanol–water partition coefficient (Wildman–Crippen LogP) is 4.09. The summed E-state index contributed by atoms with van der Waals surface area (Å²) >= 11 is 0. The maximum atomic E-state index is 15.9. The van der Waals surface area contributed by atoms with E-state index in [1.54, 1.807) is 11.1 Å². The lowest BCUT2D eigenvalue weighted by Gasteiger charge is -2.31. The van der Waals surface area contributed by atoms with Crippen LogP contribution in [0.1, 0.15) is 78.5 Å². The van der Waals surface area contributed by atoms with E-state index in [4.69, 9.17) is 14.7 Å². The normalized spacial score (nSPS) is 28.4. The van der Waals surface area contributed by atoms with E-state index >= 15 is 4.39 Å². The van der Waals surface area contributed by atoms with Crippen LogP contribution in [0.15, 0.2) is 12.3 Å². The molecule has 5 aliphatic rings. The largest absolute Gasteiger partial charge is 0.461 e. The van der Waals surface area contributed by atoms with Gasteiger partial charge in [0.25, 0.3) is 5.91 Å². The lowest BCUT2D eigenvalue weighted by atomic mass is 9.95. The second-order valence-corrected chi connectivity index (χ2v) is 13.2. The number of aromatic amines is 1. The molecule has 228 valence electrons. The zero-order valence-corrected chi connectivity index (χ0v) is 24.4. The fourth-order valence-electron chi connectivity index (χ4n) is 7.98. The average molecular weight is 594 g/mol. The van der Waals surface area contributed by atoms with Crippen LogP contribution in [0.4, 0.5) is 20.3 Å². The van der Waals surface area contributed by atoms with Crippen molar-refractivity contribution in [2.45, 2.75) is 88.3 Å². The Morgan fingerprint density at radius 1 is 1.16 bits per heavy atom. The number of halogens is 2. The van der Waals surface area contributed by atoms with Gasteiger partial charge < -0.3 is 19.6 Å². The minimum atomic E-state index is -1.48. The zero-order chi connectivity index (χ0) is 29.5. The molecule has 1 aliphatic carbocycles. The van der Waals surface area contributed by atoms with Gasteiger partial charge in [-0.25, -0.2) is 8.78 Å². The van der Waals surface area contributed by atoms with E-state index in [1.165, 1.54) is 0 Å². The number of rotatable bonds is 6. The number of hydrogen-bond acceptors (Lipinski definition) is 8. The maximum Gasteiger partial charge on any atom is 0.318 e. The van der Waals surface area contributed by atoms with E-state index in [0.29, 0.717) is 85.5 Å². The Hall–Kier alpha value is -3.38. The molecule has 2 aromatic heterocycles. The third-order valence-electron chi connectivity index (χ3n) is 10.3. The summed E-state index contributed by atoms with van der Waals surface area (Å²) in [4.78, 5) is 29.8. The molecule has 2 N–H and O–H groups in total. The summed E-state index contributed by atoms with van der Waals surface area (Å²) in [5.41, 5.74) is 1.66. The Kier molecular flexibility index (Phi) is 6.21. The van der Waals surface area contributed by atoms with E-state index in [1.807, 2.05) is 17.9 Å². The van der Waals surface area contributed by atoms with Gasteiger partial charge in [-0.3, -0.25) is 14.8 Å². The van der Waals surface area contributed by atoms with Crippen LogP contribution in [0.25, 0.3) is 10.9 Å². The van der Waals surface area contributed by atoms with Crippen molar-refractivity contribution < 1.29 is 23.4 Å². The fraction of sp³-hybridized carbons (Fsp3) is 0.613. The van der Waals surface area contributed by atoms with Crippen LogP contribution in [0.5, 0.6) is 6.01 Å². The van der Waals surface area contributed by atoms with Gasteiger partial charge in [0.2, 0.25) is 0 Å². The zero-order valence-electron chi connectivity index (χ0n) is 24.4. The predicted molar refractivity (Wildman–Crippen MR) is 156 cm³/mol. The molecule has 8 rings (SSSR count). The third kappa shape index (κ3) is 4.39. The molecule has 43 heavy (non-hydrogen) atoms. The molecule has 3 atom stereocenters. The fourth-order valence-corrected chi connectivity index (χ4v) is 7.98. The topological polar surface area (TPSA) is 111 Å². The van der Waals surface area contributed by atoms with E-state index in [9.17, 15) is 14.3 Å². The van der Waals surface area contributed by atoms with Crippen molar-refractivity contribution in [3.8, 4) is 6.01 Å². The number of benzene rings is 1. The monoisotopic (exact) mass is 593 g/mol. The number of alkyl halides is 2. The highest BCUT2D eigenvalue weighted by Crippen LogP contribution is 2.56. The number of carbonyl (C=O) groups is 1. The van der Waals surface area contributed by atoms with Crippen LogP contribution in [-0.2, 0) is 12.2 Å². The summed E-state index contributed by atoms with van der Waals surface area (Å²) in [6.45, 7) is 4.76. The van der Waals surface area contributed by atoms with Gasteiger partial charge in [-0.05, 0) is 70.0 Å². The van der Waals surface area contributed by atoms with Gasteiger partial charge in [0, 0.05) is 37.0 Å². The molecule has 3 aromatic rings. The number of aliphatic hydroxyl groups excluding tert-OH is 1. The highest BCUT2D eigenvalue weighted by Gasteiger charge is 2.51. The molecular weight excluding hydrogens is 556 g/mol. The van der Waals surface area contributed by atoms with Crippen LogP contribution in [0, 0.1) is 6.92 Å². The van der Waals surface area contributed by atoms with Crippen molar-refractivity contribution in [1.82, 2.24) is 25.1 Å². The van der Waals surface area contributed by atoms with Gasteiger partial charge in [0.15, 0.2) is 0 Å². The van der Waals surface area contributed by atoms with Gasteiger partial charge in [-0.1, -0.05) is 0 Å². The molecule has 12 heteroatoms. The lowest BCUT2D eigenvalue weighted by Crippen LogP contribution is -2.43. The van der Waals surface area contributed by atoms with E-state index in [0.717, 1.165) is 36.9 Å². The summed E-state index contributed by atoms with van der Waals surface area (Å²) in [5.74, 6) is 0.202. The van der Waals surface area contributed by atoms with Crippen molar-refractivity contribution in [3.05, 3.63) is 34.6 Å².